The molecule has 0 unspecified atom stereocenters. The maximum Gasteiger partial charge on any atom is 0.256 e. The van der Waals surface area contributed by atoms with E-state index in [1.807, 2.05) is 31.4 Å². The number of carbonyl (C=O) groups is 1. The van der Waals surface area contributed by atoms with Crippen LogP contribution in [-0.4, -0.2) is 19.3 Å². The van der Waals surface area contributed by atoms with E-state index in [1.165, 1.54) is 0 Å². The molecule has 0 aliphatic carbocycles. The van der Waals surface area contributed by atoms with E-state index < -0.39 is 0 Å². The summed E-state index contributed by atoms with van der Waals surface area (Å²) in [5, 5.41) is 3.40. The monoisotopic (exact) mass is 321 g/mol. The largest absolute Gasteiger partial charge is 0.495 e. The van der Waals surface area contributed by atoms with Crippen molar-refractivity contribution in [3.05, 3.63) is 52.5 Å². The van der Waals surface area contributed by atoms with Crippen molar-refractivity contribution in [3.8, 4) is 5.75 Å². The Labute approximate surface area is 133 Å². The summed E-state index contributed by atoms with van der Waals surface area (Å²) < 4.78 is 5.23. The minimum Gasteiger partial charge on any atom is -0.495 e. The van der Waals surface area contributed by atoms with Gasteiger partial charge >= 0.3 is 0 Å². The Morgan fingerprint density at radius 1 is 1.24 bits per heavy atom. The predicted octanol–water partition coefficient (Wildman–Crippen LogP) is 4.63. The molecule has 0 saturated heterocycles. The first kappa shape index (κ1) is 15.7. The summed E-state index contributed by atoms with van der Waals surface area (Å²) in [4.78, 5) is 13.5. The van der Waals surface area contributed by atoms with E-state index in [2.05, 4.69) is 5.32 Å². The Kier molecular flexibility index (Phi) is 5.15. The molecule has 3 nitrogen and oxygen atoms in total. The van der Waals surface area contributed by atoms with E-state index in [0.29, 0.717) is 22.0 Å². The van der Waals surface area contributed by atoms with Gasteiger partial charge in [0.15, 0.2) is 0 Å². The van der Waals surface area contributed by atoms with Crippen LogP contribution in [-0.2, 0) is 0 Å². The number of ether oxygens (including phenoxy) is 1. The maximum absolute atomic E-state index is 12.5. The fourth-order valence-corrected chi connectivity index (χ4v) is 2.55. The minimum absolute atomic E-state index is 0.177. The molecule has 0 atom stereocenters. The Morgan fingerprint density at radius 2 is 2.00 bits per heavy atom. The quantitative estimate of drug-likeness (QED) is 0.834. The van der Waals surface area contributed by atoms with Gasteiger partial charge in [0.25, 0.3) is 5.91 Å². The second-order valence-electron chi connectivity index (χ2n) is 4.48. The number of methoxy groups -OCH3 is 1. The van der Waals surface area contributed by atoms with Gasteiger partial charge in [0.1, 0.15) is 5.75 Å². The number of carbonyl (C=O) groups excluding carboxylic acids is 1. The van der Waals surface area contributed by atoms with E-state index in [0.717, 1.165) is 10.5 Å². The number of halogens is 1. The van der Waals surface area contributed by atoms with Crippen molar-refractivity contribution in [3.63, 3.8) is 0 Å². The Balaban J connectivity index is 2.32. The molecule has 2 aromatic rings. The van der Waals surface area contributed by atoms with Crippen molar-refractivity contribution in [2.75, 3.05) is 18.7 Å². The van der Waals surface area contributed by atoms with Crippen LogP contribution in [0.2, 0.25) is 5.02 Å². The van der Waals surface area contributed by atoms with Crippen molar-refractivity contribution >= 4 is 35.0 Å². The standard InChI is InChI=1S/C16H16ClNO2S/c1-10-4-6-12(21-3)9-13(10)16(19)18-14-8-11(17)5-7-15(14)20-2/h4-9H,1-3H3,(H,18,19). The number of anilines is 1. The molecule has 0 heterocycles. The molecule has 0 aliphatic heterocycles. The lowest BCUT2D eigenvalue weighted by molar-refractivity contribution is 0.102. The molecule has 110 valence electrons. The summed E-state index contributed by atoms with van der Waals surface area (Å²) in [6, 6.07) is 10.9. The second kappa shape index (κ2) is 6.87. The molecule has 0 spiro atoms. The Bertz CT molecular complexity index is 673. The van der Waals surface area contributed by atoms with Crippen molar-refractivity contribution in [1.29, 1.82) is 0 Å². The highest BCUT2D eigenvalue weighted by Crippen LogP contribution is 2.28. The van der Waals surface area contributed by atoms with Crippen molar-refractivity contribution < 1.29 is 9.53 Å². The highest BCUT2D eigenvalue weighted by Gasteiger charge is 2.13. The highest BCUT2D eigenvalue weighted by atomic mass is 35.5. The van der Waals surface area contributed by atoms with Crippen LogP contribution in [0.4, 0.5) is 5.69 Å². The van der Waals surface area contributed by atoms with E-state index >= 15 is 0 Å². The van der Waals surface area contributed by atoms with Gasteiger partial charge < -0.3 is 10.1 Å². The fourth-order valence-electron chi connectivity index (χ4n) is 1.94. The molecule has 1 N–H and O–H groups in total. The Morgan fingerprint density at radius 3 is 2.67 bits per heavy atom. The summed E-state index contributed by atoms with van der Waals surface area (Å²) in [6.45, 7) is 1.91. The van der Waals surface area contributed by atoms with Crippen LogP contribution in [0.5, 0.6) is 5.75 Å². The number of thioether (sulfide) groups is 1. The third-order valence-electron chi connectivity index (χ3n) is 3.10. The van der Waals surface area contributed by atoms with Crippen molar-refractivity contribution in [1.82, 2.24) is 0 Å². The molecule has 21 heavy (non-hydrogen) atoms. The molecule has 0 saturated carbocycles. The first-order chi connectivity index (χ1) is 10.0. The van der Waals surface area contributed by atoms with E-state index in [-0.39, 0.29) is 5.91 Å². The van der Waals surface area contributed by atoms with Crippen LogP contribution in [0.1, 0.15) is 15.9 Å². The van der Waals surface area contributed by atoms with Gasteiger partial charge in [-0.15, -0.1) is 11.8 Å². The SMILES string of the molecule is COc1ccc(Cl)cc1NC(=O)c1cc(SC)ccc1C. The highest BCUT2D eigenvalue weighted by molar-refractivity contribution is 7.98. The molecule has 0 aliphatic rings. The summed E-state index contributed by atoms with van der Waals surface area (Å²) in [7, 11) is 1.55. The van der Waals surface area contributed by atoms with Gasteiger partial charge in [0.2, 0.25) is 0 Å². The van der Waals surface area contributed by atoms with Crippen LogP contribution in [0, 0.1) is 6.92 Å². The zero-order valence-corrected chi connectivity index (χ0v) is 13.6. The third kappa shape index (κ3) is 3.71. The molecule has 0 bridgehead atoms. The van der Waals surface area contributed by atoms with Crippen LogP contribution >= 0.6 is 23.4 Å². The molecule has 2 rings (SSSR count). The van der Waals surface area contributed by atoms with Gasteiger partial charge in [-0.2, -0.15) is 0 Å². The van der Waals surface area contributed by atoms with Crippen LogP contribution in [0.15, 0.2) is 41.3 Å². The van der Waals surface area contributed by atoms with Crippen LogP contribution < -0.4 is 10.1 Å². The first-order valence-corrected chi connectivity index (χ1v) is 7.95. The fraction of sp³-hybridized carbons (Fsp3) is 0.188. The lowest BCUT2D eigenvalue weighted by atomic mass is 10.1. The van der Waals surface area contributed by atoms with Gasteiger partial charge in [0, 0.05) is 15.5 Å². The lowest BCUT2D eigenvalue weighted by Gasteiger charge is -2.12. The van der Waals surface area contributed by atoms with Crippen LogP contribution in [0.3, 0.4) is 0 Å². The summed E-state index contributed by atoms with van der Waals surface area (Å²) in [5.41, 5.74) is 2.12. The predicted molar refractivity (Wildman–Crippen MR) is 88.9 cm³/mol. The van der Waals surface area contributed by atoms with Crippen molar-refractivity contribution in [2.24, 2.45) is 0 Å². The van der Waals surface area contributed by atoms with Crippen LogP contribution in [0.25, 0.3) is 0 Å². The average Bonchev–Trinajstić information content (AvgIpc) is 2.48. The first-order valence-electron chi connectivity index (χ1n) is 6.34. The van der Waals surface area contributed by atoms with E-state index in [1.54, 1.807) is 37.1 Å². The number of aryl methyl sites for hydroxylation is 1. The van der Waals surface area contributed by atoms with Gasteiger partial charge in [-0.25, -0.2) is 0 Å². The number of benzene rings is 2. The Hall–Kier alpha value is -1.65. The zero-order chi connectivity index (χ0) is 15.4. The van der Waals surface area contributed by atoms with Gasteiger partial charge in [-0.3, -0.25) is 4.79 Å². The molecule has 1 amide bonds. The normalized spacial score (nSPS) is 10.3. The molecule has 0 fully saturated rings. The van der Waals surface area contributed by atoms with Gasteiger partial charge in [-0.1, -0.05) is 17.7 Å². The van der Waals surface area contributed by atoms with Gasteiger partial charge in [0.05, 0.1) is 12.8 Å². The molecule has 0 radical (unpaired) electrons. The van der Waals surface area contributed by atoms with Gasteiger partial charge in [-0.05, 0) is 49.1 Å². The average molecular weight is 322 g/mol. The zero-order valence-electron chi connectivity index (χ0n) is 12.1. The molecular formula is C16H16ClNO2S. The molecular weight excluding hydrogens is 306 g/mol. The third-order valence-corrected chi connectivity index (χ3v) is 4.06. The molecule has 0 aromatic heterocycles. The number of amides is 1. The number of hydrogen-bond acceptors (Lipinski definition) is 3. The minimum atomic E-state index is -0.177. The topological polar surface area (TPSA) is 38.3 Å². The lowest BCUT2D eigenvalue weighted by Crippen LogP contribution is -2.14. The van der Waals surface area contributed by atoms with E-state index in [9.17, 15) is 4.79 Å². The second-order valence-corrected chi connectivity index (χ2v) is 5.80. The number of rotatable bonds is 4. The van der Waals surface area contributed by atoms with E-state index in [4.69, 9.17) is 16.3 Å². The summed E-state index contributed by atoms with van der Waals surface area (Å²) in [5.74, 6) is 0.399. The molecule has 5 heteroatoms. The summed E-state index contributed by atoms with van der Waals surface area (Å²) >= 11 is 7.57. The van der Waals surface area contributed by atoms with Crippen molar-refractivity contribution in [2.45, 2.75) is 11.8 Å². The maximum atomic E-state index is 12.5. The summed E-state index contributed by atoms with van der Waals surface area (Å²) in [6.07, 6.45) is 1.98. The number of hydrogen-bond donors (Lipinski definition) is 1. The smallest absolute Gasteiger partial charge is 0.256 e. The molecule has 2 aromatic carbocycles. The number of nitrogens with one attached hydrogen (secondary N) is 1.